The van der Waals surface area contributed by atoms with Crippen LogP contribution in [-0.4, -0.2) is 4.98 Å². The van der Waals surface area contributed by atoms with Gasteiger partial charge >= 0.3 is 0 Å². The van der Waals surface area contributed by atoms with Crippen molar-refractivity contribution in [1.29, 1.82) is 0 Å². The Bertz CT molecular complexity index is 938. The molecule has 128 valence electrons. The number of hydrogen-bond donors (Lipinski definition) is 2. The number of anilines is 1. The van der Waals surface area contributed by atoms with E-state index >= 15 is 0 Å². The average molecular weight is 334 g/mol. The van der Waals surface area contributed by atoms with Crippen molar-refractivity contribution in [3.05, 3.63) is 77.4 Å². The molecule has 2 nitrogen and oxygen atoms in total. The number of aryl methyl sites for hydroxylation is 2. The summed E-state index contributed by atoms with van der Waals surface area (Å²) in [5.74, 6) is -0.0818. The quantitative estimate of drug-likeness (QED) is 0.596. The molecule has 1 aromatic heterocycles. The molecule has 1 aliphatic carbocycles. The van der Waals surface area contributed by atoms with Gasteiger partial charge in [0, 0.05) is 28.7 Å². The lowest BCUT2D eigenvalue weighted by Crippen LogP contribution is -2.10. The fourth-order valence-corrected chi connectivity index (χ4v) is 3.92. The molecule has 4 rings (SSSR count). The fraction of sp³-hybridized carbons (Fsp3) is 0.273. The van der Waals surface area contributed by atoms with E-state index in [2.05, 4.69) is 42.0 Å². The van der Waals surface area contributed by atoms with Gasteiger partial charge in [-0.15, -0.1) is 0 Å². The van der Waals surface area contributed by atoms with Crippen LogP contribution < -0.4 is 5.32 Å². The maximum absolute atomic E-state index is 14.4. The van der Waals surface area contributed by atoms with E-state index in [0.29, 0.717) is 5.69 Å². The lowest BCUT2D eigenvalue weighted by molar-refractivity contribution is 0.632. The van der Waals surface area contributed by atoms with Crippen LogP contribution >= 0.6 is 0 Å². The van der Waals surface area contributed by atoms with Crippen molar-refractivity contribution in [3.63, 3.8) is 0 Å². The van der Waals surface area contributed by atoms with E-state index in [0.717, 1.165) is 29.4 Å². The number of benzene rings is 2. The summed E-state index contributed by atoms with van der Waals surface area (Å²) in [4.78, 5) is 3.13. The largest absolute Gasteiger partial charge is 0.361 e. The van der Waals surface area contributed by atoms with Crippen LogP contribution in [0.5, 0.6) is 0 Å². The summed E-state index contributed by atoms with van der Waals surface area (Å²) in [6.45, 7) is 6.36. The van der Waals surface area contributed by atoms with E-state index in [1.54, 1.807) is 6.07 Å². The van der Waals surface area contributed by atoms with Gasteiger partial charge in [0.15, 0.2) is 0 Å². The third-order valence-electron chi connectivity index (χ3n) is 5.29. The van der Waals surface area contributed by atoms with Gasteiger partial charge in [-0.1, -0.05) is 31.7 Å². The van der Waals surface area contributed by atoms with Crippen molar-refractivity contribution < 1.29 is 4.39 Å². The number of hydrogen-bond acceptors (Lipinski definition) is 1. The highest BCUT2D eigenvalue weighted by Gasteiger charge is 2.18. The van der Waals surface area contributed by atoms with Crippen LogP contribution in [0.4, 0.5) is 10.1 Å². The maximum atomic E-state index is 14.4. The molecule has 25 heavy (non-hydrogen) atoms. The SMILES string of the molecule is C=C(Nc1cc2[nH]ccc2cc1F)C(CC)c1ccc2c(c1)CCC2. The van der Waals surface area contributed by atoms with Gasteiger partial charge in [0.2, 0.25) is 0 Å². The molecule has 3 aromatic rings. The zero-order valence-corrected chi connectivity index (χ0v) is 14.5. The molecule has 0 radical (unpaired) electrons. The number of nitrogens with one attached hydrogen (secondary N) is 2. The van der Waals surface area contributed by atoms with Crippen molar-refractivity contribution in [2.45, 2.75) is 38.5 Å². The molecule has 1 unspecified atom stereocenters. The summed E-state index contributed by atoms with van der Waals surface area (Å²) < 4.78 is 14.4. The molecule has 0 saturated carbocycles. The van der Waals surface area contributed by atoms with Gasteiger partial charge in [-0.3, -0.25) is 0 Å². The number of rotatable bonds is 5. The third kappa shape index (κ3) is 2.95. The third-order valence-corrected chi connectivity index (χ3v) is 5.29. The van der Waals surface area contributed by atoms with Gasteiger partial charge in [-0.25, -0.2) is 4.39 Å². The number of halogens is 1. The van der Waals surface area contributed by atoms with E-state index in [1.807, 2.05) is 18.3 Å². The first kappa shape index (κ1) is 15.9. The van der Waals surface area contributed by atoms with Crippen LogP contribution in [0.25, 0.3) is 10.9 Å². The Morgan fingerprint density at radius 2 is 2.04 bits per heavy atom. The average Bonchev–Trinajstić information content (AvgIpc) is 3.24. The van der Waals surface area contributed by atoms with Crippen molar-refractivity contribution in [2.24, 2.45) is 0 Å². The minimum absolute atomic E-state index is 0.171. The summed E-state index contributed by atoms with van der Waals surface area (Å²) in [6.07, 6.45) is 6.35. The first-order valence-electron chi connectivity index (χ1n) is 9.00. The Morgan fingerprint density at radius 3 is 2.88 bits per heavy atom. The molecule has 0 amide bonds. The zero-order chi connectivity index (χ0) is 17.4. The normalized spacial score (nSPS) is 14.5. The van der Waals surface area contributed by atoms with E-state index in [4.69, 9.17) is 0 Å². The summed E-state index contributed by atoms with van der Waals surface area (Å²) in [7, 11) is 0. The van der Waals surface area contributed by atoms with E-state index in [9.17, 15) is 4.39 Å². The van der Waals surface area contributed by atoms with Crippen molar-refractivity contribution in [2.75, 3.05) is 5.32 Å². The highest BCUT2D eigenvalue weighted by molar-refractivity contribution is 5.83. The second-order valence-electron chi connectivity index (χ2n) is 6.89. The second-order valence-corrected chi connectivity index (χ2v) is 6.89. The second kappa shape index (κ2) is 6.40. The Balaban J connectivity index is 1.60. The monoisotopic (exact) mass is 334 g/mol. The number of allylic oxidation sites excluding steroid dienone is 1. The topological polar surface area (TPSA) is 27.8 Å². The molecule has 1 heterocycles. The minimum Gasteiger partial charge on any atom is -0.361 e. The Kier molecular flexibility index (Phi) is 4.08. The van der Waals surface area contributed by atoms with Crippen LogP contribution in [-0.2, 0) is 12.8 Å². The molecule has 0 bridgehead atoms. The van der Waals surface area contributed by atoms with Gasteiger partial charge in [-0.05, 0) is 60.6 Å². The molecule has 0 saturated heterocycles. The summed E-state index contributed by atoms with van der Waals surface area (Å²) in [6, 6.07) is 12.0. The summed E-state index contributed by atoms with van der Waals surface area (Å²) in [5.41, 5.74) is 6.43. The van der Waals surface area contributed by atoms with Crippen LogP contribution in [0.1, 0.15) is 42.4 Å². The molecule has 0 fully saturated rings. The summed E-state index contributed by atoms with van der Waals surface area (Å²) >= 11 is 0. The Labute approximate surface area is 147 Å². The van der Waals surface area contributed by atoms with Crippen LogP contribution in [0.2, 0.25) is 0 Å². The molecule has 1 aliphatic rings. The smallest absolute Gasteiger partial charge is 0.147 e. The number of aromatic nitrogens is 1. The molecule has 2 aromatic carbocycles. The van der Waals surface area contributed by atoms with E-state index in [-0.39, 0.29) is 11.7 Å². The Morgan fingerprint density at radius 1 is 1.20 bits per heavy atom. The number of fused-ring (bicyclic) bond motifs is 2. The van der Waals surface area contributed by atoms with Gasteiger partial charge in [-0.2, -0.15) is 0 Å². The predicted octanol–water partition coefficient (Wildman–Crippen LogP) is 5.92. The molecular formula is C22H23FN2. The van der Waals surface area contributed by atoms with E-state index in [1.165, 1.54) is 29.5 Å². The molecule has 0 spiro atoms. The van der Waals surface area contributed by atoms with Gasteiger partial charge < -0.3 is 10.3 Å². The first-order valence-corrected chi connectivity index (χ1v) is 9.00. The van der Waals surface area contributed by atoms with Crippen molar-refractivity contribution >= 4 is 16.6 Å². The minimum atomic E-state index is -0.253. The summed E-state index contributed by atoms with van der Waals surface area (Å²) in [5, 5.41) is 4.09. The molecular weight excluding hydrogens is 311 g/mol. The molecule has 3 heteroatoms. The van der Waals surface area contributed by atoms with Crippen molar-refractivity contribution in [1.82, 2.24) is 4.98 Å². The van der Waals surface area contributed by atoms with Crippen molar-refractivity contribution in [3.8, 4) is 0 Å². The van der Waals surface area contributed by atoms with Gasteiger partial charge in [0.25, 0.3) is 0 Å². The molecule has 0 aliphatic heterocycles. The van der Waals surface area contributed by atoms with Gasteiger partial charge in [0.05, 0.1) is 5.69 Å². The Hall–Kier alpha value is -2.55. The lowest BCUT2D eigenvalue weighted by Gasteiger charge is -2.21. The van der Waals surface area contributed by atoms with Gasteiger partial charge in [0.1, 0.15) is 5.82 Å². The molecule has 1 atom stereocenters. The standard InChI is InChI=1S/C22H23FN2/c1-3-19(17-8-7-15-5-4-6-16(15)11-17)14(2)25-22-13-21-18(9-10-24-21)12-20(22)23/h7-13,19,24-25H,2-6H2,1H3. The highest BCUT2D eigenvalue weighted by Crippen LogP contribution is 2.33. The van der Waals surface area contributed by atoms with Crippen LogP contribution in [0.15, 0.2) is 54.9 Å². The maximum Gasteiger partial charge on any atom is 0.147 e. The number of aromatic amines is 1. The van der Waals surface area contributed by atoms with Crippen LogP contribution in [0.3, 0.4) is 0 Å². The highest BCUT2D eigenvalue weighted by atomic mass is 19.1. The number of H-pyrrole nitrogens is 1. The van der Waals surface area contributed by atoms with E-state index < -0.39 is 0 Å². The predicted molar refractivity (Wildman–Crippen MR) is 103 cm³/mol. The fourth-order valence-electron chi connectivity index (χ4n) is 3.92. The molecule has 2 N–H and O–H groups in total. The lowest BCUT2D eigenvalue weighted by atomic mass is 9.91. The zero-order valence-electron chi connectivity index (χ0n) is 14.5. The first-order chi connectivity index (χ1) is 12.2. The van der Waals surface area contributed by atoms with Crippen LogP contribution in [0, 0.1) is 5.82 Å².